The van der Waals surface area contributed by atoms with Crippen LogP contribution in [0.2, 0.25) is 0 Å². The number of hydrogen-bond donors (Lipinski definition) is 1. The molecule has 0 saturated heterocycles. The van der Waals surface area contributed by atoms with Crippen molar-refractivity contribution in [1.29, 1.82) is 0 Å². The second-order valence-corrected chi connectivity index (χ2v) is 6.69. The molecule has 2 aromatic carbocycles. The van der Waals surface area contributed by atoms with Crippen LogP contribution in [0.15, 0.2) is 59.1 Å². The maximum absolute atomic E-state index is 9.46. The maximum Gasteiger partial charge on any atom is 0.231 e. The van der Waals surface area contributed by atoms with Gasteiger partial charge in [-0.25, -0.2) is 0 Å². The first-order valence-electron chi connectivity index (χ1n) is 7.75. The molecule has 0 amide bonds. The fraction of sp³-hybridized carbons (Fsp3) is 0.263. The molecular formula is C19H18N2O2. The monoisotopic (exact) mass is 306 g/mol. The number of benzene rings is 2. The molecule has 1 aromatic heterocycles. The van der Waals surface area contributed by atoms with E-state index < -0.39 is 0 Å². The molecule has 1 N–H and O–H groups in total. The average molecular weight is 306 g/mol. The van der Waals surface area contributed by atoms with Crippen LogP contribution in [0.3, 0.4) is 0 Å². The molecule has 23 heavy (non-hydrogen) atoms. The molecule has 2 atom stereocenters. The summed E-state index contributed by atoms with van der Waals surface area (Å²) in [5.41, 5.74) is 2.22. The number of aromatic nitrogens is 2. The van der Waals surface area contributed by atoms with E-state index in [-0.39, 0.29) is 17.1 Å². The summed E-state index contributed by atoms with van der Waals surface area (Å²) in [6.45, 7) is 4.42. The van der Waals surface area contributed by atoms with Crippen LogP contribution in [0.4, 0.5) is 0 Å². The van der Waals surface area contributed by atoms with Gasteiger partial charge in [0, 0.05) is 11.5 Å². The highest BCUT2D eigenvalue weighted by Crippen LogP contribution is 2.69. The van der Waals surface area contributed by atoms with Gasteiger partial charge in [-0.1, -0.05) is 61.5 Å². The Balaban J connectivity index is 1.64. The molecule has 0 spiro atoms. The molecule has 116 valence electrons. The molecule has 1 aliphatic rings. The highest BCUT2D eigenvalue weighted by atomic mass is 16.5. The van der Waals surface area contributed by atoms with Gasteiger partial charge < -0.3 is 9.63 Å². The molecule has 0 radical (unpaired) electrons. The smallest absolute Gasteiger partial charge is 0.231 e. The molecule has 2 unspecified atom stereocenters. The fourth-order valence-electron chi connectivity index (χ4n) is 3.47. The van der Waals surface area contributed by atoms with Crippen LogP contribution < -0.4 is 0 Å². The fourth-order valence-corrected chi connectivity index (χ4v) is 3.47. The summed E-state index contributed by atoms with van der Waals surface area (Å²) in [6.07, 6.45) is 0. The Morgan fingerprint density at radius 2 is 1.65 bits per heavy atom. The van der Waals surface area contributed by atoms with E-state index in [9.17, 15) is 5.11 Å². The molecule has 0 aliphatic heterocycles. The van der Waals surface area contributed by atoms with Gasteiger partial charge in [0.15, 0.2) is 0 Å². The van der Waals surface area contributed by atoms with E-state index in [0.29, 0.717) is 17.6 Å². The highest BCUT2D eigenvalue weighted by molar-refractivity contribution is 5.54. The quantitative estimate of drug-likeness (QED) is 0.781. The van der Waals surface area contributed by atoms with Crippen molar-refractivity contribution in [3.8, 4) is 17.1 Å². The van der Waals surface area contributed by atoms with Crippen molar-refractivity contribution in [1.82, 2.24) is 10.1 Å². The number of hydrogen-bond acceptors (Lipinski definition) is 4. The van der Waals surface area contributed by atoms with Gasteiger partial charge in [-0.15, -0.1) is 0 Å². The second-order valence-electron chi connectivity index (χ2n) is 6.69. The molecule has 1 aliphatic carbocycles. The van der Waals surface area contributed by atoms with E-state index in [1.807, 2.05) is 42.5 Å². The summed E-state index contributed by atoms with van der Waals surface area (Å²) in [5, 5.41) is 13.6. The predicted molar refractivity (Wildman–Crippen MR) is 87.1 cm³/mol. The van der Waals surface area contributed by atoms with Gasteiger partial charge in [-0.2, -0.15) is 4.98 Å². The summed E-state index contributed by atoms with van der Waals surface area (Å²) >= 11 is 0. The minimum Gasteiger partial charge on any atom is -0.508 e. The zero-order chi connectivity index (χ0) is 16.0. The zero-order valence-electron chi connectivity index (χ0n) is 13.1. The first-order chi connectivity index (χ1) is 11.1. The van der Waals surface area contributed by atoms with Gasteiger partial charge in [-0.05, 0) is 23.1 Å². The van der Waals surface area contributed by atoms with Gasteiger partial charge in [0.2, 0.25) is 11.7 Å². The molecule has 1 fully saturated rings. The molecule has 4 nitrogen and oxygen atoms in total. The third-order valence-electron chi connectivity index (χ3n) is 4.82. The molecule has 3 aromatic rings. The van der Waals surface area contributed by atoms with Crippen LogP contribution in [0.5, 0.6) is 5.75 Å². The lowest BCUT2D eigenvalue weighted by atomic mass is 10.0. The number of phenolic OH excluding ortho intramolecular Hbond substituents is 1. The summed E-state index contributed by atoms with van der Waals surface area (Å²) in [6, 6.07) is 17.2. The minimum absolute atomic E-state index is 0.0669. The van der Waals surface area contributed by atoms with Gasteiger partial charge in [0.1, 0.15) is 5.75 Å². The van der Waals surface area contributed by atoms with Crippen molar-refractivity contribution < 1.29 is 9.63 Å². The van der Waals surface area contributed by atoms with E-state index in [1.165, 1.54) is 5.56 Å². The average Bonchev–Trinajstić information content (AvgIpc) is 2.92. The van der Waals surface area contributed by atoms with Crippen LogP contribution in [-0.4, -0.2) is 15.2 Å². The third-order valence-corrected chi connectivity index (χ3v) is 4.82. The molecule has 4 rings (SSSR count). The Labute approximate surface area is 134 Å². The van der Waals surface area contributed by atoms with E-state index in [2.05, 4.69) is 24.0 Å². The highest BCUT2D eigenvalue weighted by Gasteiger charge is 2.61. The lowest BCUT2D eigenvalue weighted by molar-refractivity contribution is 0.368. The molecular weight excluding hydrogens is 288 g/mol. The topological polar surface area (TPSA) is 59.2 Å². The molecule has 1 saturated carbocycles. The van der Waals surface area contributed by atoms with Crippen LogP contribution in [0.1, 0.15) is 37.1 Å². The van der Waals surface area contributed by atoms with Gasteiger partial charge in [-0.3, -0.25) is 0 Å². The Hall–Kier alpha value is -2.62. The van der Waals surface area contributed by atoms with E-state index >= 15 is 0 Å². The van der Waals surface area contributed by atoms with Crippen molar-refractivity contribution >= 4 is 0 Å². The van der Waals surface area contributed by atoms with Crippen molar-refractivity contribution in [2.45, 2.75) is 25.7 Å². The van der Waals surface area contributed by atoms with Crippen molar-refractivity contribution in [2.75, 3.05) is 0 Å². The number of rotatable bonds is 3. The van der Waals surface area contributed by atoms with E-state index in [4.69, 9.17) is 4.52 Å². The zero-order valence-corrected chi connectivity index (χ0v) is 13.1. The Morgan fingerprint density at radius 3 is 2.35 bits per heavy atom. The van der Waals surface area contributed by atoms with E-state index in [1.54, 1.807) is 12.1 Å². The van der Waals surface area contributed by atoms with Crippen LogP contribution >= 0.6 is 0 Å². The van der Waals surface area contributed by atoms with E-state index in [0.717, 1.165) is 5.56 Å². The molecule has 0 bridgehead atoms. The summed E-state index contributed by atoms with van der Waals surface area (Å²) in [4.78, 5) is 4.60. The Morgan fingerprint density at radius 1 is 0.957 bits per heavy atom. The van der Waals surface area contributed by atoms with Crippen molar-refractivity contribution in [3.05, 3.63) is 66.1 Å². The summed E-state index contributed by atoms with van der Waals surface area (Å²) in [5.74, 6) is 2.14. The van der Waals surface area contributed by atoms with Gasteiger partial charge in [0.05, 0.1) is 5.92 Å². The largest absolute Gasteiger partial charge is 0.508 e. The van der Waals surface area contributed by atoms with Gasteiger partial charge >= 0.3 is 0 Å². The van der Waals surface area contributed by atoms with Crippen LogP contribution in [0.25, 0.3) is 11.4 Å². The predicted octanol–water partition coefficient (Wildman–Crippen LogP) is 4.35. The SMILES string of the molecule is CC1(C)C(c2ccc(O)cc2)C1c1nc(-c2ccccc2)no1. The third kappa shape index (κ3) is 2.31. The molecule has 4 heteroatoms. The summed E-state index contributed by atoms with van der Waals surface area (Å²) < 4.78 is 5.54. The summed E-state index contributed by atoms with van der Waals surface area (Å²) in [7, 11) is 0. The van der Waals surface area contributed by atoms with Gasteiger partial charge in [0.25, 0.3) is 0 Å². The molecule has 1 heterocycles. The maximum atomic E-state index is 9.46. The number of nitrogens with zero attached hydrogens (tertiary/aromatic N) is 2. The lowest BCUT2D eigenvalue weighted by Crippen LogP contribution is -1.90. The van der Waals surface area contributed by atoms with Crippen molar-refractivity contribution in [2.24, 2.45) is 5.41 Å². The normalized spacial score (nSPS) is 22.0. The lowest BCUT2D eigenvalue weighted by Gasteiger charge is -2.02. The van der Waals surface area contributed by atoms with Crippen LogP contribution in [0, 0.1) is 5.41 Å². The number of aromatic hydroxyl groups is 1. The first-order valence-corrected chi connectivity index (χ1v) is 7.75. The van der Waals surface area contributed by atoms with Crippen molar-refractivity contribution in [3.63, 3.8) is 0 Å². The standard InChI is InChI=1S/C19H18N2O2/c1-19(2)15(12-8-10-14(22)11-9-12)16(19)18-20-17(21-23-18)13-6-4-3-5-7-13/h3-11,15-16,22H,1-2H3. The number of phenols is 1. The van der Waals surface area contributed by atoms with Crippen LogP contribution in [-0.2, 0) is 0 Å². The Bertz CT molecular complexity index is 822. The first kappa shape index (κ1) is 14.0. The second kappa shape index (κ2) is 4.95. The Kier molecular flexibility index (Phi) is 3.01. The minimum atomic E-state index is 0.0669.